The van der Waals surface area contributed by atoms with Crippen molar-refractivity contribution < 1.29 is 14.3 Å². The molecule has 0 aromatic rings. The van der Waals surface area contributed by atoms with Gasteiger partial charge >= 0.3 is 5.97 Å². The number of ether oxygens (including phenoxy) is 1. The third-order valence-corrected chi connectivity index (χ3v) is 2.18. The van der Waals surface area contributed by atoms with E-state index in [0.717, 1.165) is 0 Å². The first-order chi connectivity index (χ1) is 8.42. The zero-order valence-electron chi connectivity index (χ0n) is 11.3. The molecule has 0 aliphatic heterocycles. The molecule has 0 spiro atoms. The van der Waals surface area contributed by atoms with Crippen LogP contribution in [0.1, 0.15) is 27.2 Å². The lowest BCUT2D eigenvalue weighted by Crippen LogP contribution is -2.47. The Labute approximate surface area is 109 Å². The number of nitrogens with zero attached hydrogens (tertiary/aromatic N) is 1. The Morgan fingerprint density at radius 3 is 2.50 bits per heavy atom. The molecule has 102 valence electrons. The fourth-order valence-corrected chi connectivity index (χ4v) is 1.48. The van der Waals surface area contributed by atoms with E-state index in [1.165, 1.54) is 4.90 Å². The van der Waals surface area contributed by atoms with Crippen molar-refractivity contribution in [2.45, 2.75) is 33.2 Å². The SMILES string of the molecule is C#CCC(N)C(=O)N(CC(=O)OCC)CC(C)C. The van der Waals surface area contributed by atoms with Gasteiger partial charge in [0, 0.05) is 13.0 Å². The molecule has 0 saturated carbocycles. The van der Waals surface area contributed by atoms with Crippen LogP contribution >= 0.6 is 0 Å². The minimum absolute atomic E-state index is 0.0802. The largest absolute Gasteiger partial charge is 0.465 e. The van der Waals surface area contributed by atoms with Crippen molar-refractivity contribution >= 4 is 11.9 Å². The van der Waals surface area contributed by atoms with Gasteiger partial charge in [0.2, 0.25) is 5.91 Å². The molecule has 0 heterocycles. The van der Waals surface area contributed by atoms with Crippen molar-refractivity contribution in [1.29, 1.82) is 0 Å². The van der Waals surface area contributed by atoms with Crippen molar-refractivity contribution in [2.75, 3.05) is 19.7 Å². The molecule has 2 N–H and O–H groups in total. The molecular formula is C13H22N2O3. The van der Waals surface area contributed by atoms with Crippen LogP contribution in [0, 0.1) is 18.3 Å². The summed E-state index contributed by atoms with van der Waals surface area (Å²) in [7, 11) is 0. The highest BCUT2D eigenvalue weighted by molar-refractivity contribution is 5.85. The lowest BCUT2D eigenvalue weighted by atomic mass is 10.1. The van der Waals surface area contributed by atoms with E-state index in [1.54, 1.807) is 6.92 Å². The van der Waals surface area contributed by atoms with Gasteiger partial charge in [-0.2, -0.15) is 0 Å². The maximum Gasteiger partial charge on any atom is 0.325 e. The molecular weight excluding hydrogens is 232 g/mol. The number of nitrogens with two attached hydrogens (primary N) is 1. The predicted molar refractivity (Wildman–Crippen MR) is 69.5 cm³/mol. The summed E-state index contributed by atoms with van der Waals surface area (Å²) in [5.74, 6) is 1.84. The normalized spacial score (nSPS) is 11.8. The fraction of sp³-hybridized carbons (Fsp3) is 0.692. The van der Waals surface area contributed by atoms with Crippen molar-refractivity contribution in [1.82, 2.24) is 4.90 Å². The zero-order chi connectivity index (χ0) is 14.1. The summed E-state index contributed by atoms with van der Waals surface area (Å²) in [5, 5.41) is 0. The van der Waals surface area contributed by atoms with Crippen LogP contribution in [0.4, 0.5) is 0 Å². The van der Waals surface area contributed by atoms with E-state index >= 15 is 0 Å². The van der Waals surface area contributed by atoms with Crippen molar-refractivity contribution in [3.63, 3.8) is 0 Å². The van der Waals surface area contributed by atoms with Crippen LogP contribution in [0.15, 0.2) is 0 Å². The van der Waals surface area contributed by atoms with Gasteiger partial charge in [0.15, 0.2) is 0 Å². The van der Waals surface area contributed by atoms with Gasteiger partial charge in [-0.25, -0.2) is 0 Å². The monoisotopic (exact) mass is 254 g/mol. The second kappa shape index (κ2) is 8.54. The van der Waals surface area contributed by atoms with Gasteiger partial charge in [-0.1, -0.05) is 13.8 Å². The number of carbonyl (C=O) groups is 2. The number of carbonyl (C=O) groups excluding carboxylic acids is 2. The van der Waals surface area contributed by atoms with E-state index in [4.69, 9.17) is 16.9 Å². The molecule has 0 saturated heterocycles. The van der Waals surface area contributed by atoms with Crippen molar-refractivity contribution in [2.24, 2.45) is 11.7 Å². The van der Waals surface area contributed by atoms with Crippen LogP contribution in [-0.2, 0) is 14.3 Å². The van der Waals surface area contributed by atoms with E-state index in [-0.39, 0.29) is 24.8 Å². The lowest BCUT2D eigenvalue weighted by molar-refractivity contribution is -0.149. The Bertz CT molecular complexity index is 321. The smallest absolute Gasteiger partial charge is 0.325 e. The van der Waals surface area contributed by atoms with E-state index in [2.05, 4.69) is 5.92 Å². The van der Waals surface area contributed by atoms with Gasteiger partial charge in [-0.05, 0) is 12.8 Å². The van der Waals surface area contributed by atoms with Crippen LogP contribution < -0.4 is 5.73 Å². The molecule has 18 heavy (non-hydrogen) atoms. The third-order valence-electron chi connectivity index (χ3n) is 2.18. The highest BCUT2D eigenvalue weighted by Crippen LogP contribution is 2.03. The zero-order valence-corrected chi connectivity index (χ0v) is 11.3. The van der Waals surface area contributed by atoms with Crippen LogP contribution in [0.5, 0.6) is 0 Å². The summed E-state index contributed by atoms with van der Waals surface area (Å²) in [6.07, 6.45) is 5.29. The summed E-state index contributed by atoms with van der Waals surface area (Å²) >= 11 is 0. The summed E-state index contributed by atoms with van der Waals surface area (Å²) in [5.41, 5.74) is 5.67. The molecule has 5 heteroatoms. The molecule has 0 rings (SSSR count). The number of terminal acetylenes is 1. The van der Waals surface area contributed by atoms with E-state index in [9.17, 15) is 9.59 Å². The van der Waals surface area contributed by atoms with Gasteiger partial charge in [-0.15, -0.1) is 12.3 Å². The summed E-state index contributed by atoms with van der Waals surface area (Å²) in [6.45, 7) is 6.30. The predicted octanol–water partition coefficient (Wildman–Crippen LogP) is 0.385. The molecule has 0 aromatic carbocycles. The lowest BCUT2D eigenvalue weighted by Gasteiger charge is -2.25. The molecule has 1 amide bonds. The maximum absolute atomic E-state index is 12.0. The highest BCUT2D eigenvalue weighted by Gasteiger charge is 2.23. The Morgan fingerprint density at radius 1 is 1.44 bits per heavy atom. The number of hydrogen-bond donors (Lipinski definition) is 1. The molecule has 0 aliphatic rings. The Hall–Kier alpha value is -1.54. The second-order valence-electron chi connectivity index (χ2n) is 4.43. The van der Waals surface area contributed by atoms with Crippen LogP contribution in [-0.4, -0.2) is 42.5 Å². The van der Waals surface area contributed by atoms with Crippen LogP contribution in [0.25, 0.3) is 0 Å². The number of amides is 1. The third kappa shape index (κ3) is 6.26. The molecule has 0 fully saturated rings. The second-order valence-corrected chi connectivity index (χ2v) is 4.43. The molecule has 0 aromatic heterocycles. The van der Waals surface area contributed by atoms with E-state index in [1.807, 2.05) is 13.8 Å². The molecule has 5 nitrogen and oxygen atoms in total. The van der Waals surface area contributed by atoms with Crippen LogP contribution in [0.2, 0.25) is 0 Å². The summed E-state index contributed by atoms with van der Waals surface area (Å²) < 4.78 is 4.83. The number of rotatable bonds is 7. The molecule has 0 bridgehead atoms. The molecule has 0 aliphatic carbocycles. The maximum atomic E-state index is 12.0. The van der Waals surface area contributed by atoms with Crippen molar-refractivity contribution in [3.8, 4) is 12.3 Å². The topological polar surface area (TPSA) is 72.6 Å². The standard InChI is InChI=1S/C13H22N2O3/c1-5-7-11(14)13(17)15(8-10(3)4)9-12(16)18-6-2/h1,10-11H,6-9,14H2,2-4H3. The average Bonchev–Trinajstić information content (AvgIpc) is 2.27. The van der Waals surface area contributed by atoms with E-state index < -0.39 is 12.0 Å². The molecule has 1 atom stereocenters. The quantitative estimate of drug-likeness (QED) is 0.527. The first-order valence-corrected chi connectivity index (χ1v) is 6.05. The minimum Gasteiger partial charge on any atom is -0.465 e. The fourth-order valence-electron chi connectivity index (χ4n) is 1.48. The number of esters is 1. The van der Waals surface area contributed by atoms with Gasteiger partial charge in [0.05, 0.1) is 12.6 Å². The van der Waals surface area contributed by atoms with Crippen molar-refractivity contribution in [3.05, 3.63) is 0 Å². The van der Waals surface area contributed by atoms with Gasteiger partial charge in [-0.3, -0.25) is 9.59 Å². The molecule has 1 unspecified atom stereocenters. The Balaban J connectivity index is 4.62. The first-order valence-electron chi connectivity index (χ1n) is 6.05. The average molecular weight is 254 g/mol. The molecule has 0 radical (unpaired) electrons. The summed E-state index contributed by atoms with van der Waals surface area (Å²) in [4.78, 5) is 24.8. The van der Waals surface area contributed by atoms with Gasteiger partial charge in [0.1, 0.15) is 6.54 Å². The Morgan fingerprint density at radius 2 is 2.06 bits per heavy atom. The highest BCUT2D eigenvalue weighted by atomic mass is 16.5. The number of hydrogen-bond acceptors (Lipinski definition) is 4. The van der Waals surface area contributed by atoms with Gasteiger partial charge in [0.25, 0.3) is 0 Å². The van der Waals surface area contributed by atoms with Crippen LogP contribution in [0.3, 0.4) is 0 Å². The Kier molecular flexibility index (Phi) is 7.81. The van der Waals surface area contributed by atoms with E-state index in [0.29, 0.717) is 13.2 Å². The first kappa shape index (κ1) is 16.5. The minimum atomic E-state index is -0.761. The van der Waals surface area contributed by atoms with Gasteiger partial charge < -0.3 is 15.4 Å². The summed E-state index contributed by atoms with van der Waals surface area (Å²) in [6, 6.07) is -0.761.